The summed E-state index contributed by atoms with van der Waals surface area (Å²) in [5.74, 6) is 0.809. The van der Waals surface area contributed by atoms with Crippen molar-refractivity contribution in [1.82, 2.24) is 4.57 Å². The topological polar surface area (TPSA) is 64.8 Å². The van der Waals surface area contributed by atoms with Gasteiger partial charge in [0.05, 0.1) is 38.8 Å². The summed E-state index contributed by atoms with van der Waals surface area (Å²) in [7, 11) is 0. The molecular formula is C24H30N3O3+. The van der Waals surface area contributed by atoms with Crippen molar-refractivity contribution < 1.29 is 14.4 Å². The minimum atomic E-state index is -0.148. The Balaban J connectivity index is 1.32. The van der Waals surface area contributed by atoms with E-state index in [0.29, 0.717) is 23.6 Å². The van der Waals surface area contributed by atoms with Crippen molar-refractivity contribution in [2.75, 3.05) is 31.6 Å². The minimum absolute atomic E-state index is 0.0573. The second-order valence-corrected chi connectivity index (χ2v) is 9.05. The van der Waals surface area contributed by atoms with Gasteiger partial charge in [0.15, 0.2) is 0 Å². The number of carbonyl (C=O) groups is 1. The van der Waals surface area contributed by atoms with Crippen LogP contribution in [0.15, 0.2) is 47.3 Å². The van der Waals surface area contributed by atoms with E-state index < -0.39 is 0 Å². The molecule has 0 saturated carbocycles. The summed E-state index contributed by atoms with van der Waals surface area (Å²) >= 11 is 0. The fourth-order valence-electron chi connectivity index (χ4n) is 5.61. The van der Waals surface area contributed by atoms with Crippen LogP contribution in [0.4, 0.5) is 5.69 Å². The van der Waals surface area contributed by atoms with E-state index >= 15 is 0 Å². The molecule has 3 aliphatic rings. The number of piperidine rings is 1. The smallest absolute Gasteiger partial charge is 0.274 e. The van der Waals surface area contributed by atoms with Gasteiger partial charge in [-0.2, -0.15) is 0 Å². The molecule has 4 heterocycles. The van der Waals surface area contributed by atoms with Crippen LogP contribution in [0.1, 0.15) is 36.4 Å². The summed E-state index contributed by atoms with van der Waals surface area (Å²) in [4.78, 5) is 27.3. The number of pyridine rings is 1. The van der Waals surface area contributed by atoms with E-state index in [-0.39, 0.29) is 17.9 Å². The molecule has 6 heteroatoms. The van der Waals surface area contributed by atoms with Crippen LogP contribution in [-0.2, 0) is 22.5 Å². The molecule has 1 aromatic heterocycles. The Labute approximate surface area is 176 Å². The van der Waals surface area contributed by atoms with E-state index in [1.165, 1.54) is 6.42 Å². The van der Waals surface area contributed by atoms with Gasteiger partial charge in [-0.05, 0) is 24.1 Å². The van der Waals surface area contributed by atoms with Crippen LogP contribution in [0, 0.1) is 5.92 Å². The first kappa shape index (κ1) is 19.5. The Hall–Kier alpha value is -2.44. The minimum Gasteiger partial charge on any atom is -0.381 e. The molecular weight excluding hydrogens is 378 g/mol. The highest BCUT2D eigenvalue weighted by atomic mass is 16.5. The molecule has 30 heavy (non-hydrogen) atoms. The number of hydrogen-bond donors (Lipinski definition) is 2. The quantitative estimate of drug-likeness (QED) is 0.799. The summed E-state index contributed by atoms with van der Waals surface area (Å²) in [5.41, 5.74) is 2.42. The fraction of sp³-hybridized carbons (Fsp3) is 0.500. The highest BCUT2D eigenvalue weighted by Crippen LogP contribution is 2.31. The molecule has 1 aromatic carbocycles. The third kappa shape index (κ3) is 3.94. The van der Waals surface area contributed by atoms with Crippen LogP contribution in [0.2, 0.25) is 0 Å². The molecule has 2 fully saturated rings. The molecule has 1 amide bonds. The normalized spacial score (nSPS) is 26.1. The van der Waals surface area contributed by atoms with Crippen LogP contribution in [0.25, 0.3) is 0 Å². The molecule has 0 spiro atoms. The lowest BCUT2D eigenvalue weighted by atomic mass is 9.82. The van der Waals surface area contributed by atoms with Gasteiger partial charge in [-0.3, -0.25) is 9.59 Å². The maximum Gasteiger partial charge on any atom is 0.274 e. The number of benzene rings is 1. The molecule has 2 N–H and O–H groups in total. The van der Waals surface area contributed by atoms with Crippen LogP contribution < -0.4 is 15.8 Å². The van der Waals surface area contributed by atoms with Gasteiger partial charge >= 0.3 is 0 Å². The summed E-state index contributed by atoms with van der Waals surface area (Å²) in [6, 6.07) is 14.2. The number of fused-ring (bicyclic) bond motifs is 4. The second kappa shape index (κ2) is 8.36. The lowest BCUT2D eigenvalue weighted by molar-refractivity contribution is -0.937. The zero-order valence-corrected chi connectivity index (χ0v) is 17.3. The largest absolute Gasteiger partial charge is 0.381 e. The van der Waals surface area contributed by atoms with Crippen LogP contribution >= 0.6 is 0 Å². The fourth-order valence-corrected chi connectivity index (χ4v) is 5.61. The SMILES string of the molecule is O=C(Cc1ccccc1)Nc1ccc2n(c1=O)C[C@H]1C[C@@H]2C[NH+](C2CCOCC2)C1. The maximum absolute atomic E-state index is 13.1. The van der Waals surface area contributed by atoms with Crippen LogP contribution in [0.5, 0.6) is 0 Å². The number of rotatable bonds is 4. The van der Waals surface area contributed by atoms with E-state index in [2.05, 4.69) is 11.4 Å². The Morgan fingerprint density at radius 3 is 2.70 bits per heavy atom. The van der Waals surface area contributed by atoms with Crippen LogP contribution in [-0.4, -0.2) is 42.8 Å². The zero-order chi connectivity index (χ0) is 20.5. The average Bonchev–Trinajstić information content (AvgIpc) is 2.77. The second-order valence-electron chi connectivity index (χ2n) is 9.05. The van der Waals surface area contributed by atoms with Crippen molar-refractivity contribution in [1.29, 1.82) is 0 Å². The highest BCUT2D eigenvalue weighted by molar-refractivity contribution is 5.92. The monoisotopic (exact) mass is 408 g/mol. The van der Waals surface area contributed by atoms with Gasteiger partial charge < -0.3 is 19.5 Å². The molecule has 3 atom stereocenters. The van der Waals surface area contributed by atoms with E-state index in [4.69, 9.17) is 4.74 Å². The van der Waals surface area contributed by atoms with Gasteiger partial charge in [-0.15, -0.1) is 0 Å². The Kier molecular flexibility index (Phi) is 5.44. The Morgan fingerprint density at radius 1 is 1.10 bits per heavy atom. The van der Waals surface area contributed by atoms with Crippen molar-refractivity contribution in [3.05, 3.63) is 64.1 Å². The van der Waals surface area contributed by atoms with Gasteiger partial charge in [-0.25, -0.2) is 0 Å². The molecule has 158 valence electrons. The molecule has 2 aromatic rings. The van der Waals surface area contributed by atoms with Crippen molar-refractivity contribution >= 4 is 11.6 Å². The number of carbonyl (C=O) groups excluding carboxylic acids is 1. The first-order chi connectivity index (χ1) is 14.7. The number of likely N-dealkylation sites (tertiary alicyclic amines) is 1. The first-order valence-corrected chi connectivity index (χ1v) is 11.2. The molecule has 1 unspecified atom stereocenters. The molecule has 2 bridgehead atoms. The number of anilines is 1. The van der Waals surface area contributed by atoms with Gasteiger partial charge in [-0.1, -0.05) is 30.3 Å². The van der Waals surface area contributed by atoms with Crippen molar-refractivity contribution in [2.45, 2.75) is 44.2 Å². The number of nitrogens with zero attached hydrogens (tertiary/aromatic N) is 1. The predicted octanol–water partition coefficient (Wildman–Crippen LogP) is 1.21. The van der Waals surface area contributed by atoms with Crippen molar-refractivity contribution in [3.63, 3.8) is 0 Å². The summed E-state index contributed by atoms with van der Waals surface area (Å²) in [6.07, 6.45) is 3.74. The maximum atomic E-state index is 13.1. The third-order valence-corrected chi connectivity index (χ3v) is 7.02. The van der Waals surface area contributed by atoms with Gasteiger partial charge in [0.25, 0.3) is 5.56 Å². The van der Waals surface area contributed by atoms with Crippen molar-refractivity contribution in [3.8, 4) is 0 Å². The third-order valence-electron chi connectivity index (χ3n) is 7.02. The molecule has 3 aliphatic heterocycles. The standard InChI is InChI=1S/C24H29N3O3/c28-23(13-17-4-2-1-3-5-17)25-21-6-7-22-19-12-18(15-27(22)24(21)29)14-26(16-19)20-8-10-30-11-9-20/h1-7,18-20H,8-16H2,(H,25,28)/p+1/t18-,19+/m0/s1. The molecule has 5 rings (SSSR count). The van der Waals surface area contributed by atoms with E-state index in [0.717, 1.165) is 56.9 Å². The van der Waals surface area contributed by atoms with E-state index in [1.807, 2.05) is 34.9 Å². The summed E-state index contributed by atoms with van der Waals surface area (Å²) < 4.78 is 7.47. The Morgan fingerprint density at radius 2 is 1.90 bits per heavy atom. The summed E-state index contributed by atoms with van der Waals surface area (Å²) in [6.45, 7) is 4.76. The van der Waals surface area contributed by atoms with Crippen LogP contribution in [0.3, 0.4) is 0 Å². The lowest BCUT2D eigenvalue weighted by Gasteiger charge is -2.44. The molecule has 2 saturated heterocycles. The van der Waals surface area contributed by atoms with Gasteiger partial charge in [0.2, 0.25) is 5.91 Å². The molecule has 0 radical (unpaired) electrons. The zero-order valence-electron chi connectivity index (χ0n) is 17.3. The Bertz CT molecular complexity index is 965. The molecule has 6 nitrogen and oxygen atoms in total. The highest BCUT2D eigenvalue weighted by Gasteiger charge is 2.40. The predicted molar refractivity (Wildman–Crippen MR) is 115 cm³/mol. The molecule has 0 aliphatic carbocycles. The average molecular weight is 409 g/mol. The van der Waals surface area contributed by atoms with E-state index in [9.17, 15) is 9.59 Å². The number of quaternary nitrogens is 1. The number of nitrogens with one attached hydrogen (secondary N) is 2. The van der Waals surface area contributed by atoms with E-state index in [1.54, 1.807) is 11.0 Å². The lowest BCUT2D eigenvalue weighted by Crippen LogP contribution is -3.18. The summed E-state index contributed by atoms with van der Waals surface area (Å²) in [5, 5.41) is 2.84. The van der Waals surface area contributed by atoms with Gasteiger partial charge in [0, 0.05) is 36.9 Å². The number of amides is 1. The number of hydrogen-bond acceptors (Lipinski definition) is 3. The van der Waals surface area contributed by atoms with Crippen molar-refractivity contribution in [2.24, 2.45) is 5.92 Å². The number of ether oxygens (including phenoxy) is 1. The van der Waals surface area contributed by atoms with Gasteiger partial charge in [0.1, 0.15) is 5.69 Å². The first-order valence-electron chi connectivity index (χ1n) is 11.2. The number of aromatic nitrogens is 1.